The van der Waals surface area contributed by atoms with Gasteiger partial charge in [0.1, 0.15) is 16.5 Å². The maximum Gasteiger partial charge on any atom is 0.242 e. The van der Waals surface area contributed by atoms with Crippen molar-refractivity contribution in [1.82, 2.24) is 9.71 Å². The predicted octanol–water partition coefficient (Wildman–Crippen LogP) is 1.71. The molecular weight excluding hydrogens is 300 g/mol. The number of hydrogen-bond acceptors (Lipinski definition) is 4. The Balaban J connectivity index is 2.18. The first kappa shape index (κ1) is 15.0. The number of sulfonamides is 1. The van der Waals surface area contributed by atoms with Crippen molar-refractivity contribution in [2.24, 2.45) is 0 Å². The van der Waals surface area contributed by atoms with Gasteiger partial charge >= 0.3 is 0 Å². The molecule has 0 saturated carbocycles. The van der Waals surface area contributed by atoms with Gasteiger partial charge in [-0.2, -0.15) is 5.26 Å². The summed E-state index contributed by atoms with van der Waals surface area (Å²) in [7, 11) is -4.00. The molecule has 0 fully saturated rings. The molecular formula is C13H9F2N3O2S. The Hall–Kier alpha value is -2.37. The second-order valence-corrected chi connectivity index (χ2v) is 5.85. The van der Waals surface area contributed by atoms with Gasteiger partial charge in [0.2, 0.25) is 10.0 Å². The van der Waals surface area contributed by atoms with Crippen LogP contribution < -0.4 is 4.72 Å². The highest BCUT2D eigenvalue weighted by Gasteiger charge is 2.16. The fourth-order valence-corrected chi connectivity index (χ4v) is 2.54. The zero-order valence-electron chi connectivity index (χ0n) is 10.5. The number of pyridine rings is 1. The summed E-state index contributed by atoms with van der Waals surface area (Å²) in [6.45, 7) is -0.323. The monoisotopic (exact) mass is 309 g/mol. The van der Waals surface area contributed by atoms with Gasteiger partial charge in [-0.25, -0.2) is 21.9 Å². The summed E-state index contributed by atoms with van der Waals surface area (Å²) >= 11 is 0. The Kier molecular flexibility index (Phi) is 4.26. The first-order valence-corrected chi connectivity index (χ1v) is 7.19. The van der Waals surface area contributed by atoms with E-state index >= 15 is 0 Å². The third-order valence-electron chi connectivity index (χ3n) is 2.62. The van der Waals surface area contributed by atoms with Gasteiger partial charge < -0.3 is 0 Å². The number of aromatic nitrogens is 1. The van der Waals surface area contributed by atoms with Crippen LogP contribution in [0, 0.1) is 23.0 Å². The molecule has 0 unspecified atom stereocenters. The van der Waals surface area contributed by atoms with E-state index in [0.29, 0.717) is 0 Å². The highest BCUT2D eigenvalue weighted by molar-refractivity contribution is 7.89. The van der Waals surface area contributed by atoms with E-state index in [9.17, 15) is 17.2 Å². The molecule has 8 heteroatoms. The standard InChI is InChI=1S/C13H9F2N3O2S/c14-11-4-12(8-17-7-11)21(19,20)18-6-10-2-1-9(5-16)3-13(10)15/h1-4,7-8,18H,6H2. The zero-order chi connectivity index (χ0) is 15.5. The van der Waals surface area contributed by atoms with Crippen LogP contribution in [0.1, 0.15) is 11.1 Å². The highest BCUT2D eigenvalue weighted by atomic mass is 32.2. The Morgan fingerprint density at radius 1 is 1.24 bits per heavy atom. The molecule has 108 valence electrons. The normalized spacial score (nSPS) is 11.1. The van der Waals surface area contributed by atoms with Crippen molar-refractivity contribution in [2.45, 2.75) is 11.4 Å². The molecule has 0 aliphatic heterocycles. The minimum Gasteiger partial charge on any atom is -0.260 e. The zero-order valence-corrected chi connectivity index (χ0v) is 11.4. The van der Waals surface area contributed by atoms with Crippen molar-refractivity contribution in [2.75, 3.05) is 0 Å². The lowest BCUT2D eigenvalue weighted by atomic mass is 10.1. The van der Waals surface area contributed by atoms with Crippen LogP contribution in [0.4, 0.5) is 8.78 Å². The predicted molar refractivity (Wildman–Crippen MR) is 69.3 cm³/mol. The molecule has 21 heavy (non-hydrogen) atoms. The molecule has 0 amide bonds. The summed E-state index contributed by atoms with van der Waals surface area (Å²) in [6, 6.07) is 6.27. The molecule has 1 N–H and O–H groups in total. The van der Waals surface area contributed by atoms with Gasteiger partial charge in [-0.05, 0) is 18.2 Å². The minimum atomic E-state index is -4.00. The quantitative estimate of drug-likeness (QED) is 0.932. The maximum atomic E-state index is 13.6. The molecule has 0 saturated heterocycles. The minimum absolute atomic E-state index is 0.0712. The molecule has 2 rings (SSSR count). The third-order valence-corrected chi connectivity index (χ3v) is 3.99. The van der Waals surface area contributed by atoms with E-state index in [-0.39, 0.29) is 22.6 Å². The Morgan fingerprint density at radius 2 is 2.00 bits per heavy atom. The van der Waals surface area contributed by atoms with Crippen molar-refractivity contribution in [1.29, 1.82) is 5.26 Å². The van der Waals surface area contributed by atoms with E-state index < -0.39 is 21.7 Å². The van der Waals surface area contributed by atoms with Crippen LogP contribution >= 0.6 is 0 Å². The van der Waals surface area contributed by atoms with Crippen molar-refractivity contribution in [3.63, 3.8) is 0 Å². The molecule has 1 aromatic heterocycles. The number of rotatable bonds is 4. The first-order valence-electron chi connectivity index (χ1n) is 5.71. The summed E-state index contributed by atoms with van der Waals surface area (Å²) in [5.41, 5.74) is 0.204. The number of nitriles is 1. The van der Waals surface area contributed by atoms with Gasteiger partial charge in [0.05, 0.1) is 17.8 Å². The summed E-state index contributed by atoms with van der Waals surface area (Å²) in [6.07, 6.45) is 1.86. The molecule has 0 spiro atoms. The van der Waals surface area contributed by atoms with Crippen LogP contribution in [-0.4, -0.2) is 13.4 Å². The molecule has 0 radical (unpaired) electrons. The van der Waals surface area contributed by atoms with Gasteiger partial charge in [-0.1, -0.05) is 6.07 Å². The van der Waals surface area contributed by atoms with Crippen molar-refractivity contribution in [3.8, 4) is 6.07 Å². The lowest BCUT2D eigenvalue weighted by Gasteiger charge is -2.07. The van der Waals surface area contributed by atoms with Crippen molar-refractivity contribution in [3.05, 3.63) is 59.4 Å². The van der Waals surface area contributed by atoms with E-state index in [4.69, 9.17) is 5.26 Å². The van der Waals surface area contributed by atoms with E-state index in [0.717, 1.165) is 24.5 Å². The summed E-state index contributed by atoms with van der Waals surface area (Å²) in [4.78, 5) is 3.09. The van der Waals surface area contributed by atoms with Crippen LogP contribution in [0.3, 0.4) is 0 Å². The number of nitrogens with one attached hydrogen (secondary N) is 1. The highest BCUT2D eigenvalue weighted by Crippen LogP contribution is 2.12. The summed E-state index contributed by atoms with van der Waals surface area (Å²) < 4.78 is 52.5. The number of nitrogens with zero attached hydrogens (tertiary/aromatic N) is 2. The summed E-state index contributed by atoms with van der Waals surface area (Å²) in [5, 5.41) is 8.62. The SMILES string of the molecule is N#Cc1ccc(CNS(=O)(=O)c2cncc(F)c2)c(F)c1. The van der Waals surface area contributed by atoms with Crippen LogP contribution in [0.2, 0.25) is 0 Å². The number of halogens is 2. The van der Waals surface area contributed by atoms with Crippen LogP contribution in [0.5, 0.6) is 0 Å². The molecule has 1 heterocycles. The van der Waals surface area contributed by atoms with Crippen molar-refractivity contribution >= 4 is 10.0 Å². The first-order chi connectivity index (χ1) is 9.92. The van der Waals surface area contributed by atoms with Crippen LogP contribution in [0.25, 0.3) is 0 Å². The second kappa shape index (κ2) is 5.95. The Labute approximate surface area is 119 Å². The second-order valence-electron chi connectivity index (χ2n) is 4.08. The average molecular weight is 309 g/mol. The molecule has 0 bridgehead atoms. The Morgan fingerprint density at radius 3 is 2.62 bits per heavy atom. The van der Waals surface area contributed by atoms with Crippen molar-refractivity contribution < 1.29 is 17.2 Å². The lowest BCUT2D eigenvalue weighted by Crippen LogP contribution is -2.24. The fourth-order valence-electron chi connectivity index (χ4n) is 1.56. The number of benzene rings is 1. The Bertz CT molecular complexity index is 816. The van der Waals surface area contributed by atoms with Crippen LogP contribution in [-0.2, 0) is 16.6 Å². The smallest absolute Gasteiger partial charge is 0.242 e. The van der Waals surface area contributed by atoms with Gasteiger partial charge in [-0.3, -0.25) is 4.98 Å². The molecule has 1 aromatic carbocycles. The molecule has 5 nitrogen and oxygen atoms in total. The van der Waals surface area contributed by atoms with E-state index in [1.54, 1.807) is 6.07 Å². The van der Waals surface area contributed by atoms with Gasteiger partial charge in [0, 0.05) is 18.3 Å². The maximum absolute atomic E-state index is 13.6. The van der Waals surface area contributed by atoms with Gasteiger partial charge in [0.15, 0.2) is 0 Å². The molecule has 0 atom stereocenters. The number of hydrogen-bond donors (Lipinski definition) is 1. The van der Waals surface area contributed by atoms with Gasteiger partial charge in [0.25, 0.3) is 0 Å². The van der Waals surface area contributed by atoms with E-state index in [1.807, 2.05) is 0 Å². The van der Waals surface area contributed by atoms with E-state index in [1.165, 1.54) is 12.1 Å². The van der Waals surface area contributed by atoms with Crippen LogP contribution in [0.15, 0.2) is 41.6 Å². The average Bonchev–Trinajstić information content (AvgIpc) is 2.46. The lowest BCUT2D eigenvalue weighted by molar-refractivity contribution is 0.570. The van der Waals surface area contributed by atoms with E-state index in [2.05, 4.69) is 9.71 Å². The summed E-state index contributed by atoms with van der Waals surface area (Å²) in [5.74, 6) is -1.49. The van der Waals surface area contributed by atoms with Gasteiger partial charge in [-0.15, -0.1) is 0 Å². The molecule has 0 aliphatic carbocycles. The topological polar surface area (TPSA) is 82.9 Å². The largest absolute Gasteiger partial charge is 0.260 e. The molecule has 0 aliphatic rings. The fraction of sp³-hybridized carbons (Fsp3) is 0.0769. The molecule has 2 aromatic rings. The third kappa shape index (κ3) is 3.59.